The number of carbonyl (C=O) groups is 2. The van der Waals surface area contributed by atoms with E-state index in [9.17, 15) is 18.4 Å². The first-order valence-electron chi connectivity index (χ1n) is 11.5. The van der Waals surface area contributed by atoms with E-state index >= 15 is 0 Å². The molecule has 0 radical (unpaired) electrons. The van der Waals surface area contributed by atoms with E-state index in [1.807, 2.05) is 18.7 Å². The lowest BCUT2D eigenvalue weighted by Gasteiger charge is -2.33. The molecule has 2 aliphatic rings. The van der Waals surface area contributed by atoms with E-state index in [0.717, 1.165) is 24.1 Å². The smallest absolute Gasteiger partial charge is 0.265 e. The van der Waals surface area contributed by atoms with Gasteiger partial charge in [0.1, 0.15) is 11.3 Å². The van der Waals surface area contributed by atoms with Crippen molar-refractivity contribution in [2.24, 2.45) is 5.92 Å². The van der Waals surface area contributed by atoms with Gasteiger partial charge in [-0.1, -0.05) is 13.8 Å². The molecule has 2 aromatic heterocycles. The third-order valence-electron chi connectivity index (χ3n) is 6.47. The molecule has 1 saturated heterocycles. The van der Waals surface area contributed by atoms with E-state index in [4.69, 9.17) is 5.41 Å². The fourth-order valence-electron chi connectivity index (χ4n) is 4.41. The number of anilines is 2. The number of rotatable bonds is 4. The number of alkyl halides is 2. The number of amides is 1. The molecule has 1 atom stereocenters. The van der Waals surface area contributed by atoms with E-state index in [2.05, 4.69) is 4.98 Å². The van der Waals surface area contributed by atoms with E-state index < -0.39 is 18.4 Å². The molecule has 0 aromatic carbocycles. The minimum Gasteiger partial charge on any atom is -0.333 e. The number of aryl methyl sites for hydroxylation is 1. The van der Waals surface area contributed by atoms with Crippen molar-refractivity contribution in [1.82, 2.24) is 14.5 Å². The number of pyridine rings is 2. The Kier molecular flexibility index (Phi) is 6.32. The average Bonchev–Trinajstić information content (AvgIpc) is 2.81. The van der Waals surface area contributed by atoms with Gasteiger partial charge in [-0.05, 0) is 43.4 Å². The minimum absolute atomic E-state index is 0.0998. The van der Waals surface area contributed by atoms with Crippen molar-refractivity contribution in [2.75, 3.05) is 24.5 Å². The zero-order valence-corrected chi connectivity index (χ0v) is 19.0. The van der Waals surface area contributed by atoms with E-state index in [0.29, 0.717) is 30.9 Å². The maximum atomic E-state index is 13.8. The largest absolute Gasteiger partial charge is 0.333 e. The van der Waals surface area contributed by atoms with Crippen molar-refractivity contribution in [3.63, 3.8) is 0 Å². The first kappa shape index (κ1) is 23.1. The van der Waals surface area contributed by atoms with Crippen LogP contribution < -0.4 is 10.4 Å². The van der Waals surface area contributed by atoms with Crippen LogP contribution in [-0.2, 0) is 6.42 Å². The zero-order valence-electron chi connectivity index (χ0n) is 19.0. The number of nitrogens with zero attached hydrogens (tertiary/aromatic N) is 4. The first-order valence-corrected chi connectivity index (χ1v) is 11.5. The molecule has 176 valence electrons. The lowest BCUT2D eigenvalue weighted by Crippen LogP contribution is -2.45. The molecular weight excluding hydrogens is 428 g/mol. The van der Waals surface area contributed by atoms with Crippen LogP contribution in [0.2, 0.25) is 0 Å². The highest BCUT2D eigenvalue weighted by atomic mass is 19.3. The van der Waals surface area contributed by atoms with Gasteiger partial charge in [0.25, 0.3) is 11.8 Å². The number of halogens is 2. The fraction of sp³-hybridized carbons (Fsp3) is 0.500. The van der Waals surface area contributed by atoms with Crippen LogP contribution in [0.25, 0.3) is 0 Å². The Balaban J connectivity index is 1.59. The lowest BCUT2D eigenvalue weighted by molar-refractivity contribution is -0.0560. The summed E-state index contributed by atoms with van der Waals surface area (Å²) < 4.78 is 28.9. The first-order chi connectivity index (χ1) is 15.7. The van der Waals surface area contributed by atoms with Gasteiger partial charge >= 0.3 is 0 Å². The summed E-state index contributed by atoms with van der Waals surface area (Å²) in [6, 6.07) is 5.19. The zero-order chi connectivity index (χ0) is 23.8. The monoisotopic (exact) mass is 457 g/mol. The normalized spacial score (nSPS) is 18.5. The Labute approximate surface area is 191 Å². The standard InChI is InChI=1S/C24H29F2N5O2/c1-3-16(2)22(32)31-11-7-19(13-20(31)27)30-10-4-6-17-12-18(14-28-21(17)30)23(33)29-9-5-8-24(25,26)15-29/h7,11-14,16,27H,3-6,8-10,15H2,1-2H3. The van der Waals surface area contributed by atoms with Gasteiger partial charge in [-0.25, -0.2) is 13.8 Å². The molecule has 1 fully saturated rings. The van der Waals surface area contributed by atoms with Crippen LogP contribution in [0.15, 0.2) is 30.6 Å². The third kappa shape index (κ3) is 4.67. The second kappa shape index (κ2) is 9.03. The number of fused-ring (bicyclic) bond motifs is 1. The molecule has 1 amide bonds. The second-order valence-corrected chi connectivity index (χ2v) is 8.94. The van der Waals surface area contributed by atoms with Gasteiger partial charge in [-0.15, -0.1) is 0 Å². The quantitative estimate of drug-likeness (QED) is 0.752. The predicted octanol–water partition coefficient (Wildman–Crippen LogP) is 4.00. The molecule has 1 N–H and O–H groups in total. The molecule has 2 aliphatic heterocycles. The molecule has 1 unspecified atom stereocenters. The Morgan fingerprint density at radius 1 is 1.24 bits per heavy atom. The second-order valence-electron chi connectivity index (χ2n) is 8.94. The van der Waals surface area contributed by atoms with Crippen LogP contribution in [0.5, 0.6) is 0 Å². The Morgan fingerprint density at radius 2 is 2.03 bits per heavy atom. The van der Waals surface area contributed by atoms with Crippen LogP contribution in [0.1, 0.15) is 60.2 Å². The number of nitrogens with one attached hydrogen (secondary N) is 1. The molecule has 4 rings (SSSR count). The van der Waals surface area contributed by atoms with Crippen molar-refractivity contribution < 1.29 is 18.4 Å². The highest BCUT2D eigenvalue weighted by Gasteiger charge is 2.37. The molecule has 9 heteroatoms. The number of likely N-dealkylation sites (tertiary alicyclic amines) is 1. The molecule has 0 aliphatic carbocycles. The van der Waals surface area contributed by atoms with Gasteiger partial charge in [-0.2, -0.15) is 0 Å². The molecule has 7 nitrogen and oxygen atoms in total. The third-order valence-corrected chi connectivity index (χ3v) is 6.47. The van der Waals surface area contributed by atoms with Gasteiger partial charge in [0.2, 0.25) is 5.91 Å². The van der Waals surface area contributed by atoms with Gasteiger partial charge in [0.05, 0.1) is 12.1 Å². The van der Waals surface area contributed by atoms with Gasteiger partial charge in [0.15, 0.2) is 0 Å². The molecule has 0 spiro atoms. The Morgan fingerprint density at radius 3 is 2.73 bits per heavy atom. The molecular formula is C24H29F2N5O2. The molecule has 0 bridgehead atoms. The minimum atomic E-state index is -2.85. The van der Waals surface area contributed by atoms with Gasteiger partial charge < -0.3 is 9.80 Å². The van der Waals surface area contributed by atoms with Crippen molar-refractivity contribution >= 4 is 23.3 Å². The molecule has 4 heterocycles. The topological polar surface area (TPSA) is 82.3 Å². The number of carbonyl (C=O) groups excluding carboxylic acids is 2. The number of hydrogen-bond acceptors (Lipinski definition) is 5. The molecule has 33 heavy (non-hydrogen) atoms. The van der Waals surface area contributed by atoms with Crippen molar-refractivity contribution in [2.45, 2.75) is 51.9 Å². The highest BCUT2D eigenvalue weighted by Crippen LogP contribution is 2.32. The van der Waals surface area contributed by atoms with Gasteiger partial charge in [0, 0.05) is 49.6 Å². The Hall–Kier alpha value is -3.10. The fourth-order valence-corrected chi connectivity index (χ4v) is 4.41. The summed E-state index contributed by atoms with van der Waals surface area (Å²) in [6.45, 7) is 4.24. The van der Waals surface area contributed by atoms with Crippen LogP contribution in [0.3, 0.4) is 0 Å². The van der Waals surface area contributed by atoms with Crippen molar-refractivity contribution in [3.8, 4) is 0 Å². The maximum absolute atomic E-state index is 13.8. The SMILES string of the molecule is CCC(C)C(=O)n1ccc(N2CCCc3cc(C(=O)N4CCCC(F)(F)C4)cnc32)cc1=N. The summed E-state index contributed by atoms with van der Waals surface area (Å²) in [5.41, 5.74) is 2.04. The van der Waals surface area contributed by atoms with Crippen molar-refractivity contribution in [3.05, 3.63) is 47.2 Å². The van der Waals surface area contributed by atoms with E-state index in [1.165, 1.54) is 15.7 Å². The van der Waals surface area contributed by atoms with Crippen molar-refractivity contribution in [1.29, 1.82) is 5.41 Å². The number of piperidine rings is 1. The molecule has 2 aromatic rings. The summed E-state index contributed by atoms with van der Waals surface area (Å²) >= 11 is 0. The predicted molar refractivity (Wildman–Crippen MR) is 120 cm³/mol. The molecule has 0 saturated carbocycles. The summed E-state index contributed by atoms with van der Waals surface area (Å²) in [5, 5.41) is 8.33. The summed E-state index contributed by atoms with van der Waals surface area (Å²) in [4.78, 5) is 33.0. The highest BCUT2D eigenvalue weighted by molar-refractivity contribution is 5.94. The van der Waals surface area contributed by atoms with Crippen LogP contribution in [0, 0.1) is 11.3 Å². The summed E-state index contributed by atoms with van der Waals surface area (Å²) in [7, 11) is 0. The van der Waals surface area contributed by atoms with E-state index in [1.54, 1.807) is 24.4 Å². The number of hydrogen-bond donors (Lipinski definition) is 1. The van der Waals surface area contributed by atoms with Crippen LogP contribution >= 0.6 is 0 Å². The van der Waals surface area contributed by atoms with Gasteiger partial charge in [-0.3, -0.25) is 19.6 Å². The van der Waals surface area contributed by atoms with Crippen LogP contribution in [-0.4, -0.2) is 51.8 Å². The maximum Gasteiger partial charge on any atom is 0.265 e. The number of aromatic nitrogens is 2. The summed E-state index contributed by atoms with van der Waals surface area (Å²) in [6.07, 6.45) is 5.41. The Bertz CT molecular complexity index is 1130. The average molecular weight is 458 g/mol. The van der Waals surface area contributed by atoms with E-state index in [-0.39, 0.29) is 30.2 Å². The lowest BCUT2D eigenvalue weighted by atomic mass is 10.0. The van der Waals surface area contributed by atoms with Crippen LogP contribution in [0.4, 0.5) is 20.3 Å². The summed E-state index contributed by atoms with van der Waals surface area (Å²) in [5.74, 6) is -2.86.